The summed E-state index contributed by atoms with van der Waals surface area (Å²) in [5, 5.41) is 9.02. The summed E-state index contributed by atoms with van der Waals surface area (Å²) < 4.78 is 22.3. The molecule has 3 N–H and O–H groups in total. The molecule has 436 valence electrons. The van der Waals surface area contributed by atoms with Crippen molar-refractivity contribution in [3.05, 3.63) is 0 Å². The summed E-state index contributed by atoms with van der Waals surface area (Å²) in [5.41, 5.74) is -0.231. The van der Waals surface area contributed by atoms with Crippen LogP contribution in [-0.4, -0.2) is 136 Å². The highest BCUT2D eigenvalue weighted by atomic mass is 32.5. The van der Waals surface area contributed by atoms with Gasteiger partial charge in [0.15, 0.2) is 0 Å². The molecule has 1 rings (SSSR count). The first-order chi connectivity index (χ1) is 36.1. The standard InChI is InChI=1S/C57H105N4O12PS/c1-6-39-70-42-21-27-49(62)24-13-10-18-36-58-55(66)45-61(46-56(67)59-37-19-11-14-25-50(63)28-22-43-71-40-7-2)53(57(68)60-38-20-12-15-26-51(64)29-23-44-72-41-8-3)30-16-9-17-31-54(65)48-32-34-52(35-33-48)73-74(69,75)47(4)5/h47-48,52-53H,6-46H2,1-5H3,(H,58,66)(H,59,67)(H,60,68)(H,69,75)/p-1. The van der Waals surface area contributed by atoms with E-state index in [1.54, 1.807) is 18.7 Å². The Morgan fingerprint density at radius 1 is 0.520 bits per heavy atom. The smallest absolute Gasteiger partial charge is 0.237 e. The van der Waals surface area contributed by atoms with Crippen LogP contribution in [0.2, 0.25) is 0 Å². The largest absolute Gasteiger partial charge is 0.800 e. The van der Waals surface area contributed by atoms with Gasteiger partial charge in [-0.25, -0.2) is 0 Å². The van der Waals surface area contributed by atoms with Crippen LogP contribution in [0, 0.1) is 5.92 Å². The van der Waals surface area contributed by atoms with Gasteiger partial charge in [-0.15, -0.1) is 0 Å². The summed E-state index contributed by atoms with van der Waals surface area (Å²) in [6.07, 6.45) is 19.7. The average Bonchev–Trinajstić information content (AvgIpc) is 3.37. The van der Waals surface area contributed by atoms with Gasteiger partial charge in [0.25, 0.3) is 0 Å². The molecule has 1 aliphatic carbocycles. The van der Waals surface area contributed by atoms with E-state index in [-0.39, 0.29) is 71.6 Å². The van der Waals surface area contributed by atoms with Crippen LogP contribution in [0.15, 0.2) is 0 Å². The maximum Gasteiger partial charge on any atom is 0.237 e. The summed E-state index contributed by atoms with van der Waals surface area (Å²) >= 11 is 5.23. The third-order valence-electron chi connectivity index (χ3n) is 13.5. The summed E-state index contributed by atoms with van der Waals surface area (Å²) in [6.45, 7) is 11.3. The maximum absolute atomic E-state index is 14.2. The number of nitrogens with zero attached hydrogens (tertiary/aromatic N) is 1. The molecule has 3 amide bonds. The molecule has 0 spiro atoms. The van der Waals surface area contributed by atoms with Crippen molar-refractivity contribution in [2.24, 2.45) is 5.92 Å². The average molecular weight is 1100 g/mol. The third kappa shape index (κ3) is 38.7. The molecule has 0 aromatic heterocycles. The quantitative estimate of drug-likeness (QED) is 0.0382. The van der Waals surface area contributed by atoms with E-state index >= 15 is 0 Å². The monoisotopic (exact) mass is 1100 g/mol. The Morgan fingerprint density at radius 3 is 1.32 bits per heavy atom. The van der Waals surface area contributed by atoms with Crippen LogP contribution in [0.25, 0.3) is 0 Å². The zero-order chi connectivity index (χ0) is 55.4. The zero-order valence-corrected chi connectivity index (χ0v) is 49.2. The Bertz CT molecular complexity index is 1560. The number of rotatable bonds is 52. The maximum atomic E-state index is 14.2. The van der Waals surface area contributed by atoms with Gasteiger partial charge in [-0.3, -0.25) is 38.5 Å². The van der Waals surface area contributed by atoms with Gasteiger partial charge in [0.2, 0.25) is 17.7 Å². The topological polar surface area (TPSA) is 219 Å². The van der Waals surface area contributed by atoms with Crippen molar-refractivity contribution >= 4 is 59.2 Å². The molecule has 0 saturated heterocycles. The normalized spacial score (nSPS) is 15.9. The lowest BCUT2D eigenvalue weighted by atomic mass is 9.83. The fourth-order valence-corrected chi connectivity index (χ4v) is 10.2. The van der Waals surface area contributed by atoms with Gasteiger partial charge >= 0.3 is 0 Å². The van der Waals surface area contributed by atoms with Crippen molar-refractivity contribution in [1.82, 2.24) is 20.9 Å². The van der Waals surface area contributed by atoms with Gasteiger partial charge in [0, 0.05) is 110 Å². The molecule has 0 aromatic rings. The molecule has 18 heteroatoms. The number of unbranched alkanes of at least 4 members (excludes halogenated alkanes) is 8. The molecule has 0 bridgehead atoms. The van der Waals surface area contributed by atoms with Crippen LogP contribution < -0.4 is 20.8 Å². The van der Waals surface area contributed by atoms with Crippen LogP contribution in [-0.2, 0) is 64.1 Å². The molecular formula is C57H104N4O12PS-. The van der Waals surface area contributed by atoms with Gasteiger partial charge < -0.3 is 39.6 Å². The van der Waals surface area contributed by atoms with Crippen molar-refractivity contribution in [3.8, 4) is 0 Å². The molecular weight excluding hydrogens is 996 g/mol. The van der Waals surface area contributed by atoms with Crippen LogP contribution in [0.3, 0.4) is 0 Å². The lowest BCUT2D eigenvalue weighted by molar-refractivity contribution is -0.189. The third-order valence-corrected chi connectivity index (χ3v) is 16.9. The molecule has 0 aliphatic heterocycles. The van der Waals surface area contributed by atoms with Gasteiger partial charge in [-0.05, 0) is 128 Å². The number of amides is 3. The number of carbonyl (C=O) groups excluding carboxylic acids is 7. The van der Waals surface area contributed by atoms with Crippen molar-refractivity contribution in [2.75, 3.05) is 72.4 Å². The van der Waals surface area contributed by atoms with E-state index in [0.29, 0.717) is 181 Å². The van der Waals surface area contributed by atoms with E-state index in [9.17, 15) is 38.5 Å². The Labute approximate surface area is 458 Å². The molecule has 1 aliphatic rings. The number of ketones is 4. The van der Waals surface area contributed by atoms with E-state index in [1.807, 2.05) is 0 Å². The summed E-state index contributed by atoms with van der Waals surface area (Å²) in [6, 6.07) is -0.799. The Kier molecular flexibility index (Phi) is 43.6. The van der Waals surface area contributed by atoms with Gasteiger partial charge in [-0.2, -0.15) is 0 Å². The molecule has 0 radical (unpaired) electrons. The molecule has 1 saturated carbocycles. The summed E-state index contributed by atoms with van der Waals surface area (Å²) in [4.78, 5) is 106. The molecule has 0 aromatic carbocycles. The fourth-order valence-electron chi connectivity index (χ4n) is 8.96. The minimum absolute atomic E-state index is 0.0750. The SMILES string of the molecule is CCCOCCCC(=O)CCCCCNC(=O)CN(CC(=O)NCCCCCC(=O)CCCOCCC)C(CCCCCC(=O)C1CCC(OP([O-])(=S)C(C)C)CC1)C(=O)NCCCCCC(=O)CCCOCCC. The lowest BCUT2D eigenvalue weighted by Crippen LogP contribution is -2.53. The predicted octanol–water partition coefficient (Wildman–Crippen LogP) is 9.19. The van der Waals surface area contributed by atoms with Crippen LogP contribution in [0.4, 0.5) is 0 Å². The van der Waals surface area contributed by atoms with Crippen molar-refractivity contribution < 1.29 is 57.2 Å². The fraction of sp³-hybridized carbons (Fsp3) is 0.877. The Morgan fingerprint density at radius 2 is 0.907 bits per heavy atom. The first-order valence-electron chi connectivity index (χ1n) is 29.5. The van der Waals surface area contributed by atoms with Crippen molar-refractivity contribution in [1.29, 1.82) is 0 Å². The van der Waals surface area contributed by atoms with Gasteiger partial charge in [0.05, 0.1) is 25.2 Å². The number of carbonyl (C=O) groups is 7. The van der Waals surface area contributed by atoms with Crippen molar-refractivity contribution in [2.45, 2.75) is 245 Å². The van der Waals surface area contributed by atoms with E-state index in [1.165, 1.54) is 0 Å². The number of Topliss-reactive ketones (excluding diaryl/α,β-unsaturated/α-hetero) is 4. The molecule has 1 fully saturated rings. The summed E-state index contributed by atoms with van der Waals surface area (Å²) in [7, 11) is 0. The lowest BCUT2D eigenvalue weighted by Gasteiger charge is -2.38. The zero-order valence-electron chi connectivity index (χ0n) is 47.5. The molecule has 16 nitrogen and oxygen atoms in total. The molecule has 0 heterocycles. The number of hydrogen-bond donors (Lipinski definition) is 3. The Balaban J connectivity index is 2.97. The first kappa shape index (κ1) is 70.5. The second kappa shape index (κ2) is 46.4. The Hall–Kier alpha value is -2.50. The van der Waals surface area contributed by atoms with E-state index in [4.69, 9.17) is 30.5 Å². The first-order valence-corrected chi connectivity index (χ1v) is 32.2. The second-order valence-electron chi connectivity index (χ2n) is 20.9. The number of nitrogens with one attached hydrogen (secondary N) is 3. The minimum atomic E-state index is -3.11. The van der Waals surface area contributed by atoms with Crippen LogP contribution >= 0.6 is 6.49 Å². The highest BCUT2D eigenvalue weighted by Gasteiger charge is 2.30. The second-order valence-corrected chi connectivity index (χ2v) is 24.7. The minimum Gasteiger partial charge on any atom is -0.800 e. The number of hydrogen-bond acceptors (Lipinski definition) is 14. The van der Waals surface area contributed by atoms with Crippen LogP contribution in [0.5, 0.6) is 0 Å². The van der Waals surface area contributed by atoms with Gasteiger partial charge in [0.1, 0.15) is 23.1 Å². The van der Waals surface area contributed by atoms with E-state index < -0.39 is 12.5 Å². The van der Waals surface area contributed by atoms with Crippen molar-refractivity contribution in [3.63, 3.8) is 0 Å². The number of ether oxygens (including phenoxy) is 3. The van der Waals surface area contributed by atoms with Gasteiger partial charge in [-0.1, -0.05) is 78.5 Å². The summed E-state index contributed by atoms with van der Waals surface area (Å²) in [5.74, 6) is -0.134. The van der Waals surface area contributed by atoms with Crippen LogP contribution in [0.1, 0.15) is 227 Å². The molecule has 2 atom stereocenters. The highest BCUT2D eigenvalue weighted by molar-refractivity contribution is 8.09. The highest BCUT2D eigenvalue weighted by Crippen LogP contribution is 2.46. The molecule has 75 heavy (non-hydrogen) atoms. The van der Waals surface area contributed by atoms with E-state index in [2.05, 4.69) is 36.7 Å². The predicted molar refractivity (Wildman–Crippen MR) is 300 cm³/mol. The molecule has 2 unspecified atom stereocenters. The van der Waals surface area contributed by atoms with E-state index in [0.717, 1.165) is 70.6 Å².